The van der Waals surface area contributed by atoms with Gasteiger partial charge >= 0.3 is 0 Å². The summed E-state index contributed by atoms with van der Waals surface area (Å²) in [4.78, 5) is 0.967. The molecule has 1 aromatic rings. The molecule has 1 nitrogen and oxygen atoms in total. The van der Waals surface area contributed by atoms with Gasteiger partial charge in [-0.1, -0.05) is 42.5 Å². The molecule has 0 spiro atoms. The molecule has 0 amide bonds. The van der Waals surface area contributed by atoms with Crippen molar-refractivity contribution in [2.45, 2.75) is 25.7 Å². The van der Waals surface area contributed by atoms with E-state index in [2.05, 4.69) is 18.2 Å². The van der Waals surface area contributed by atoms with E-state index in [-0.39, 0.29) is 5.92 Å². The highest BCUT2D eigenvalue weighted by Crippen LogP contribution is 2.23. The molecule has 0 saturated heterocycles. The molecule has 2 heteroatoms. The summed E-state index contributed by atoms with van der Waals surface area (Å²) in [5.41, 5.74) is 1.21. The summed E-state index contributed by atoms with van der Waals surface area (Å²) in [5.74, 6) is 0.263. The van der Waals surface area contributed by atoms with Crippen LogP contribution in [0.2, 0.25) is 0 Å². The van der Waals surface area contributed by atoms with E-state index in [4.69, 9.17) is 17.5 Å². The first-order chi connectivity index (χ1) is 6.74. The second-order valence-electron chi connectivity index (χ2n) is 3.38. The molecule has 0 saturated carbocycles. The van der Waals surface area contributed by atoms with Crippen molar-refractivity contribution in [3.8, 4) is 6.07 Å². The molecule has 1 aromatic carbocycles. The topological polar surface area (TPSA) is 23.8 Å². The second-order valence-corrected chi connectivity index (χ2v) is 4.07. The molecule has 0 radical (unpaired) electrons. The minimum absolute atomic E-state index is 0.263. The molecule has 72 valence electrons. The van der Waals surface area contributed by atoms with Crippen molar-refractivity contribution >= 4 is 17.1 Å². The second kappa shape index (κ2) is 5.51. The number of hydrogen-bond acceptors (Lipinski definition) is 2. The first kappa shape index (κ1) is 10.9. The highest BCUT2D eigenvalue weighted by Gasteiger charge is 2.11. The summed E-state index contributed by atoms with van der Waals surface area (Å²) in [6.07, 6.45) is 1.37. The standard InChI is InChI=1S/C12H13NS/c1-10(14)9-12(7-8-13)11-5-3-2-4-6-11/h2-6,12H,7,9H2,1H3. The number of thiocarbonyl (C=S) groups is 1. The first-order valence-electron chi connectivity index (χ1n) is 4.65. The van der Waals surface area contributed by atoms with E-state index < -0.39 is 0 Å². The van der Waals surface area contributed by atoms with Crippen molar-refractivity contribution in [1.82, 2.24) is 0 Å². The van der Waals surface area contributed by atoms with Crippen molar-refractivity contribution in [3.05, 3.63) is 35.9 Å². The lowest BCUT2D eigenvalue weighted by Gasteiger charge is -2.12. The van der Waals surface area contributed by atoms with E-state index in [0.717, 1.165) is 11.3 Å². The van der Waals surface area contributed by atoms with Crippen LogP contribution in [0.3, 0.4) is 0 Å². The third-order valence-electron chi connectivity index (χ3n) is 2.14. The summed E-state index contributed by atoms with van der Waals surface area (Å²) >= 11 is 5.08. The summed E-state index contributed by atoms with van der Waals surface area (Å²) < 4.78 is 0. The zero-order chi connectivity index (χ0) is 10.4. The number of nitriles is 1. The molecule has 14 heavy (non-hydrogen) atoms. The summed E-state index contributed by atoms with van der Waals surface area (Å²) in [7, 11) is 0. The lowest BCUT2D eigenvalue weighted by Crippen LogP contribution is -2.02. The Morgan fingerprint density at radius 3 is 2.57 bits per heavy atom. The number of benzene rings is 1. The zero-order valence-electron chi connectivity index (χ0n) is 8.23. The van der Waals surface area contributed by atoms with E-state index in [1.54, 1.807) is 0 Å². The Balaban J connectivity index is 2.78. The Morgan fingerprint density at radius 1 is 1.43 bits per heavy atom. The SMILES string of the molecule is CC(=S)CC(CC#N)c1ccccc1. The normalized spacial score (nSPS) is 11.7. The van der Waals surface area contributed by atoms with Crippen molar-refractivity contribution in [1.29, 1.82) is 5.26 Å². The molecule has 0 aliphatic carbocycles. The quantitative estimate of drug-likeness (QED) is 0.700. The molecule has 0 aliphatic heterocycles. The monoisotopic (exact) mass is 203 g/mol. The maximum Gasteiger partial charge on any atom is 0.0628 e. The van der Waals surface area contributed by atoms with Gasteiger partial charge in [0.1, 0.15) is 0 Å². The molecule has 0 aliphatic rings. The Labute approximate surface area is 90.4 Å². The number of hydrogen-bond donors (Lipinski definition) is 0. The van der Waals surface area contributed by atoms with Gasteiger partial charge in [-0.15, -0.1) is 0 Å². The van der Waals surface area contributed by atoms with Crippen LogP contribution < -0.4 is 0 Å². The van der Waals surface area contributed by atoms with E-state index in [0.29, 0.717) is 6.42 Å². The highest BCUT2D eigenvalue weighted by molar-refractivity contribution is 7.80. The van der Waals surface area contributed by atoms with Crippen LogP contribution in [0, 0.1) is 11.3 Å². The Bertz CT molecular complexity index is 337. The van der Waals surface area contributed by atoms with Crippen molar-refractivity contribution in [2.75, 3.05) is 0 Å². The first-order valence-corrected chi connectivity index (χ1v) is 5.06. The molecule has 1 unspecified atom stereocenters. The third-order valence-corrected chi connectivity index (χ3v) is 2.31. The van der Waals surface area contributed by atoms with Crippen LogP contribution in [0.15, 0.2) is 30.3 Å². The van der Waals surface area contributed by atoms with Crippen LogP contribution in [0.5, 0.6) is 0 Å². The smallest absolute Gasteiger partial charge is 0.0628 e. The highest BCUT2D eigenvalue weighted by atomic mass is 32.1. The van der Waals surface area contributed by atoms with E-state index in [1.807, 2.05) is 25.1 Å². The third kappa shape index (κ3) is 3.27. The molecule has 0 N–H and O–H groups in total. The minimum atomic E-state index is 0.263. The van der Waals surface area contributed by atoms with Crippen molar-refractivity contribution in [3.63, 3.8) is 0 Å². The van der Waals surface area contributed by atoms with Gasteiger partial charge in [0.25, 0.3) is 0 Å². The Hall–Kier alpha value is -1.20. The largest absolute Gasteiger partial charge is 0.198 e. The van der Waals surface area contributed by atoms with Crippen LogP contribution >= 0.6 is 12.2 Å². The molecule has 0 aromatic heterocycles. The molecule has 1 atom stereocenters. The molecular formula is C12H13NS. The van der Waals surface area contributed by atoms with Gasteiger partial charge in [-0.2, -0.15) is 5.26 Å². The van der Waals surface area contributed by atoms with Gasteiger partial charge in [0.05, 0.1) is 6.07 Å². The lowest BCUT2D eigenvalue weighted by molar-refractivity contribution is 0.742. The predicted octanol–water partition coefficient (Wildman–Crippen LogP) is 3.46. The van der Waals surface area contributed by atoms with Gasteiger partial charge in [-0.05, 0) is 23.8 Å². The van der Waals surface area contributed by atoms with Gasteiger partial charge in [0.2, 0.25) is 0 Å². The van der Waals surface area contributed by atoms with E-state index >= 15 is 0 Å². The van der Waals surface area contributed by atoms with E-state index in [1.165, 1.54) is 5.56 Å². The van der Waals surface area contributed by atoms with Crippen molar-refractivity contribution < 1.29 is 0 Å². The fraction of sp³-hybridized carbons (Fsp3) is 0.333. The Morgan fingerprint density at radius 2 is 2.07 bits per heavy atom. The van der Waals surface area contributed by atoms with Crippen LogP contribution in [0.4, 0.5) is 0 Å². The number of rotatable bonds is 4. The molecular weight excluding hydrogens is 190 g/mol. The van der Waals surface area contributed by atoms with Crippen LogP contribution in [0.1, 0.15) is 31.2 Å². The molecule has 0 heterocycles. The Kier molecular flexibility index (Phi) is 4.28. The van der Waals surface area contributed by atoms with Gasteiger partial charge in [-0.3, -0.25) is 0 Å². The molecule has 1 rings (SSSR count). The van der Waals surface area contributed by atoms with Gasteiger partial charge in [0.15, 0.2) is 0 Å². The summed E-state index contributed by atoms with van der Waals surface area (Å²) in [6.45, 7) is 1.93. The van der Waals surface area contributed by atoms with Gasteiger partial charge in [-0.25, -0.2) is 0 Å². The molecule has 0 bridgehead atoms. The van der Waals surface area contributed by atoms with Crippen LogP contribution in [0.25, 0.3) is 0 Å². The van der Waals surface area contributed by atoms with Crippen molar-refractivity contribution in [2.24, 2.45) is 0 Å². The predicted molar refractivity (Wildman–Crippen MR) is 62.3 cm³/mol. The fourth-order valence-corrected chi connectivity index (χ4v) is 1.69. The van der Waals surface area contributed by atoms with Gasteiger partial charge < -0.3 is 0 Å². The van der Waals surface area contributed by atoms with Crippen LogP contribution in [-0.2, 0) is 0 Å². The number of nitrogens with zero attached hydrogens (tertiary/aromatic N) is 1. The maximum atomic E-state index is 8.72. The average molecular weight is 203 g/mol. The summed E-state index contributed by atoms with van der Waals surface area (Å²) in [5, 5.41) is 8.72. The lowest BCUT2D eigenvalue weighted by atomic mass is 9.92. The van der Waals surface area contributed by atoms with Gasteiger partial charge in [0, 0.05) is 12.3 Å². The van der Waals surface area contributed by atoms with Crippen LogP contribution in [-0.4, -0.2) is 4.86 Å². The fourth-order valence-electron chi connectivity index (χ4n) is 1.49. The zero-order valence-corrected chi connectivity index (χ0v) is 9.05. The maximum absolute atomic E-state index is 8.72. The summed E-state index contributed by atoms with van der Waals surface area (Å²) in [6, 6.07) is 12.3. The minimum Gasteiger partial charge on any atom is -0.198 e. The van der Waals surface area contributed by atoms with E-state index in [9.17, 15) is 0 Å². The average Bonchev–Trinajstić information content (AvgIpc) is 2.18. The molecule has 0 fully saturated rings.